The van der Waals surface area contributed by atoms with Gasteiger partial charge in [-0.2, -0.15) is 0 Å². The van der Waals surface area contributed by atoms with Crippen molar-refractivity contribution in [1.29, 1.82) is 0 Å². The van der Waals surface area contributed by atoms with E-state index in [1.54, 1.807) is 12.2 Å². The van der Waals surface area contributed by atoms with Crippen LogP contribution >= 0.6 is 0 Å². The summed E-state index contributed by atoms with van der Waals surface area (Å²) in [5.41, 5.74) is -0.103. The highest BCUT2D eigenvalue weighted by Gasteiger charge is 2.35. The zero-order chi connectivity index (χ0) is 9.47. The Morgan fingerprint density at radius 2 is 2.31 bits per heavy atom. The van der Waals surface area contributed by atoms with Gasteiger partial charge in [-0.25, -0.2) is 0 Å². The molecule has 1 unspecified atom stereocenters. The lowest BCUT2D eigenvalue weighted by atomic mass is 9.85. The summed E-state index contributed by atoms with van der Waals surface area (Å²) < 4.78 is 5.74. The maximum atomic E-state index is 11.4. The van der Waals surface area contributed by atoms with E-state index in [2.05, 4.69) is 13.8 Å². The Bertz CT molecular complexity index is 297. The molecule has 1 atom stereocenters. The van der Waals surface area contributed by atoms with Crippen molar-refractivity contribution in [1.82, 2.24) is 0 Å². The van der Waals surface area contributed by atoms with E-state index in [-0.39, 0.29) is 17.3 Å². The van der Waals surface area contributed by atoms with Crippen molar-refractivity contribution in [2.75, 3.05) is 0 Å². The van der Waals surface area contributed by atoms with Gasteiger partial charge in [-0.3, -0.25) is 4.79 Å². The number of carbonyl (C=O) groups is 1. The van der Waals surface area contributed by atoms with E-state index >= 15 is 0 Å². The molecule has 2 rings (SSSR count). The molecule has 0 bridgehead atoms. The molecule has 0 N–H and O–H groups in total. The summed E-state index contributed by atoms with van der Waals surface area (Å²) in [4.78, 5) is 11.4. The molecule has 70 valence electrons. The molecular weight excluding hydrogens is 164 g/mol. The molecule has 2 heteroatoms. The topological polar surface area (TPSA) is 26.3 Å². The molecule has 0 aromatic heterocycles. The highest BCUT2D eigenvalue weighted by molar-refractivity contribution is 5.95. The van der Waals surface area contributed by atoms with Crippen LogP contribution in [-0.2, 0) is 9.53 Å². The molecule has 1 saturated heterocycles. The zero-order valence-corrected chi connectivity index (χ0v) is 8.04. The molecule has 1 aliphatic carbocycles. The molecule has 1 fully saturated rings. The van der Waals surface area contributed by atoms with E-state index in [0.29, 0.717) is 0 Å². The average molecular weight is 178 g/mol. The van der Waals surface area contributed by atoms with Gasteiger partial charge in [0.2, 0.25) is 0 Å². The number of rotatable bonds is 0. The van der Waals surface area contributed by atoms with E-state index in [0.717, 1.165) is 18.6 Å². The Balaban J connectivity index is 2.24. The van der Waals surface area contributed by atoms with Crippen molar-refractivity contribution in [2.45, 2.75) is 32.3 Å². The Morgan fingerprint density at radius 1 is 1.54 bits per heavy atom. The minimum Gasteiger partial charge on any atom is -0.491 e. The maximum absolute atomic E-state index is 11.4. The SMILES string of the molecule is CC1(C)CCC2C(=O)C=CC=C2O1. The third-order valence-electron chi connectivity index (χ3n) is 2.64. The fourth-order valence-corrected chi connectivity index (χ4v) is 1.86. The highest BCUT2D eigenvalue weighted by Crippen LogP contribution is 2.36. The van der Waals surface area contributed by atoms with Crippen LogP contribution in [0.5, 0.6) is 0 Å². The van der Waals surface area contributed by atoms with Crippen LogP contribution in [0.25, 0.3) is 0 Å². The van der Waals surface area contributed by atoms with Crippen LogP contribution in [0.2, 0.25) is 0 Å². The van der Waals surface area contributed by atoms with E-state index in [1.165, 1.54) is 0 Å². The summed E-state index contributed by atoms with van der Waals surface area (Å²) in [5, 5.41) is 0. The fraction of sp³-hybridized carbons (Fsp3) is 0.545. The van der Waals surface area contributed by atoms with E-state index in [4.69, 9.17) is 4.74 Å². The largest absolute Gasteiger partial charge is 0.491 e. The molecule has 0 radical (unpaired) electrons. The lowest BCUT2D eigenvalue weighted by Gasteiger charge is -2.37. The number of fused-ring (bicyclic) bond motifs is 1. The van der Waals surface area contributed by atoms with E-state index in [1.807, 2.05) is 6.08 Å². The monoisotopic (exact) mass is 178 g/mol. The number of allylic oxidation sites excluding steroid dienone is 4. The standard InChI is InChI=1S/C11H14O2/c1-11(2)7-6-8-9(12)4-3-5-10(8)13-11/h3-5,8H,6-7H2,1-2H3. The average Bonchev–Trinajstić information content (AvgIpc) is 2.02. The van der Waals surface area contributed by atoms with Crippen molar-refractivity contribution in [3.63, 3.8) is 0 Å². The molecule has 13 heavy (non-hydrogen) atoms. The fourth-order valence-electron chi connectivity index (χ4n) is 1.86. The Labute approximate surface area is 78.3 Å². The first-order chi connectivity index (χ1) is 6.08. The number of ketones is 1. The molecule has 1 heterocycles. The molecule has 0 amide bonds. The smallest absolute Gasteiger partial charge is 0.166 e. The Hall–Kier alpha value is -1.05. The van der Waals surface area contributed by atoms with Gasteiger partial charge in [-0.1, -0.05) is 6.08 Å². The number of carbonyl (C=O) groups excluding carboxylic acids is 1. The Kier molecular flexibility index (Phi) is 1.79. The first kappa shape index (κ1) is 8.54. The van der Waals surface area contributed by atoms with Gasteiger partial charge in [0.15, 0.2) is 5.78 Å². The molecule has 0 spiro atoms. The van der Waals surface area contributed by atoms with Gasteiger partial charge >= 0.3 is 0 Å². The van der Waals surface area contributed by atoms with Gasteiger partial charge < -0.3 is 4.74 Å². The first-order valence-electron chi connectivity index (χ1n) is 4.70. The minimum absolute atomic E-state index is 0.00183. The normalized spacial score (nSPS) is 30.5. The summed E-state index contributed by atoms with van der Waals surface area (Å²) >= 11 is 0. The van der Waals surface area contributed by atoms with Gasteiger partial charge in [-0.15, -0.1) is 0 Å². The number of ether oxygens (including phenoxy) is 1. The van der Waals surface area contributed by atoms with E-state index in [9.17, 15) is 4.79 Å². The molecule has 2 aliphatic rings. The predicted molar refractivity (Wildman–Crippen MR) is 50.1 cm³/mol. The molecule has 0 aromatic rings. The van der Waals surface area contributed by atoms with Crippen molar-refractivity contribution in [2.24, 2.45) is 5.92 Å². The maximum Gasteiger partial charge on any atom is 0.166 e. The van der Waals surface area contributed by atoms with Crippen LogP contribution in [0.1, 0.15) is 26.7 Å². The summed E-state index contributed by atoms with van der Waals surface area (Å²) in [6.45, 7) is 4.12. The van der Waals surface area contributed by atoms with Gasteiger partial charge in [0.1, 0.15) is 11.4 Å². The third kappa shape index (κ3) is 1.53. The number of hydrogen-bond acceptors (Lipinski definition) is 2. The van der Waals surface area contributed by atoms with Crippen molar-refractivity contribution in [3.05, 3.63) is 24.0 Å². The molecule has 2 nitrogen and oxygen atoms in total. The molecule has 0 aromatic carbocycles. The summed E-state index contributed by atoms with van der Waals surface area (Å²) in [6, 6.07) is 0. The lowest BCUT2D eigenvalue weighted by Crippen LogP contribution is -2.35. The first-order valence-corrected chi connectivity index (χ1v) is 4.70. The van der Waals surface area contributed by atoms with E-state index < -0.39 is 0 Å². The van der Waals surface area contributed by atoms with Gasteiger partial charge in [0.25, 0.3) is 0 Å². The second-order valence-corrected chi connectivity index (χ2v) is 4.28. The quantitative estimate of drug-likeness (QED) is 0.568. The highest BCUT2D eigenvalue weighted by atomic mass is 16.5. The predicted octanol–water partition coefficient (Wildman–Crippen LogP) is 2.21. The summed E-state index contributed by atoms with van der Waals surface area (Å²) in [6.07, 6.45) is 7.19. The van der Waals surface area contributed by atoms with Crippen molar-refractivity contribution in [3.8, 4) is 0 Å². The van der Waals surface area contributed by atoms with Crippen molar-refractivity contribution < 1.29 is 9.53 Å². The van der Waals surface area contributed by atoms with Crippen LogP contribution in [0.15, 0.2) is 24.0 Å². The molecule has 1 aliphatic heterocycles. The van der Waals surface area contributed by atoms with Crippen LogP contribution in [0, 0.1) is 5.92 Å². The van der Waals surface area contributed by atoms with Gasteiger partial charge in [0.05, 0.1) is 5.92 Å². The van der Waals surface area contributed by atoms with Gasteiger partial charge in [0, 0.05) is 0 Å². The third-order valence-corrected chi connectivity index (χ3v) is 2.64. The van der Waals surface area contributed by atoms with Crippen molar-refractivity contribution >= 4 is 5.78 Å². The van der Waals surface area contributed by atoms with Gasteiger partial charge in [-0.05, 0) is 38.8 Å². The number of hydrogen-bond donors (Lipinski definition) is 0. The lowest BCUT2D eigenvalue weighted by molar-refractivity contribution is -0.122. The summed E-state index contributed by atoms with van der Waals surface area (Å²) in [7, 11) is 0. The van der Waals surface area contributed by atoms with Crippen LogP contribution < -0.4 is 0 Å². The van der Waals surface area contributed by atoms with Crippen LogP contribution in [0.3, 0.4) is 0 Å². The minimum atomic E-state index is -0.103. The molecule has 0 saturated carbocycles. The molecular formula is C11H14O2. The second kappa shape index (κ2) is 2.72. The Morgan fingerprint density at radius 3 is 3.08 bits per heavy atom. The van der Waals surface area contributed by atoms with Crippen LogP contribution in [-0.4, -0.2) is 11.4 Å². The zero-order valence-electron chi connectivity index (χ0n) is 8.04. The summed E-state index contributed by atoms with van der Waals surface area (Å²) in [5.74, 6) is 1.04. The van der Waals surface area contributed by atoms with Crippen LogP contribution in [0.4, 0.5) is 0 Å². The second-order valence-electron chi connectivity index (χ2n) is 4.28.